The lowest BCUT2D eigenvalue weighted by molar-refractivity contribution is 0.102. The normalized spacial score (nSPS) is 13.1. The summed E-state index contributed by atoms with van der Waals surface area (Å²) in [6, 6.07) is 15.3. The second-order valence-corrected chi connectivity index (χ2v) is 8.76. The van der Waals surface area contributed by atoms with E-state index in [1.165, 1.54) is 13.4 Å². The summed E-state index contributed by atoms with van der Waals surface area (Å²) in [6.07, 6.45) is 7.31. The number of hydrogen-bond acceptors (Lipinski definition) is 7. The molecule has 0 bridgehead atoms. The number of pyridine rings is 2. The van der Waals surface area contributed by atoms with Crippen LogP contribution in [-0.2, 0) is 7.05 Å². The molecule has 0 saturated heterocycles. The highest BCUT2D eigenvalue weighted by Crippen LogP contribution is 2.39. The second kappa shape index (κ2) is 8.84. The number of ether oxygens (including phenoxy) is 1. The van der Waals surface area contributed by atoms with Crippen LogP contribution in [0.2, 0.25) is 0 Å². The lowest BCUT2D eigenvalue weighted by atomic mass is 10.0. The largest absolute Gasteiger partial charge is 0.493 e. The van der Waals surface area contributed by atoms with Gasteiger partial charge in [-0.15, -0.1) is 0 Å². The van der Waals surface area contributed by atoms with Crippen LogP contribution in [0.25, 0.3) is 33.5 Å². The van der Waals surface area contributed by atoms with Crippen molar-refractivity contribution >= 4 is 22.8 Å². The van der Waals surface area contributed by atoms with Crippen LogP contribution >= 0.6 is 0 Å². The van der Waals surface area contributed by atoms with Gasteiger partial charge in [0.15, 0.2) is 11.6 Å². The van der Waals surface area contributed by atoms with E-state index in [4.69, 9.17) is 9.72 Å². The van der Waals surface area contributed by atoms with Gasteiger partial charge in [-0.25, -0.2) is 15.0 Å². The molecule has 6 rings (SSSR count). The van der Waals surface area contributed by atoms with Gasteiger partial charge in [-0.05, 0) is 25.0 Å². The Morgan fingerprint density at radius 1 is 1.06 bits per heavy atom. The minimum Gasteiger partial charge on any atom is -0.493 e. The van der Waals surface area contributed by atoms with Gasteiger partial charge in [-0.1, -0.05) is 30.3 Å². The van der Waals surface area contributed by atoms with Crippen molar-refractivity contribution in [3.8, 4) is 28.3 Å². The molecule has 0 aliphatic heterocycles. The van der Waals surface area contributed by atoms with E-state index in [2.05, 4.69) is 25.4 Å². The number of carbonyl (C=O) groups is 1. The molecule has 1 fully saturated rings. The van der Waals surface area contributed by atoms with Gasteiger partial charge >= 0.3 is 0 Å². The summed E-state index contributed by atoms with van der Waals surface area (Å²) in [5.41, 5.74) is 5.76. The first-order valence-electron chi connectivity index (χ1n) is 11.7. The van der Waals surface area contributed by atoms with Gasteiger partial charge in [-0.2, -0.15) is 5.10 Å². The molecule has 9 nitrogen and oxygen atoms in total. The maximum atomic E-state index is 13.0. The van der Waals surface area contributed by atoms with Crippen LogP contribution in [-0.4, -0.2) is 42.7 Å². The van der Waals surface area contributed by atoms with E-state index in [-0.39, 0.29) is 11.7 Å². The van der Waals surface area contributed by atoms with Crippen molar-refractivity contribution in [2.75, 3.05) is 12.4 Å². The maximum Gasteiger partial charge on any atom is 0.258 e. The first kappa shape index (κ1) is 21.8. The number of benzene rings is 1. The van der Waals surface area contributed by atoms with Gasteiger partial charge in [0.1, 0.15) is 23.2 Å². The van der Waals surface area contributed by atoms with Crippen molar-refractivity contribution in [1.82, 2.24) is 29.7 Å². The number of aromatic nitrogens is 6. The summed E-state index contributed by atoms with van der Waals surface area (Å²) in [5.74, 6) is 0.885. The van der Waals surface area contributed by atoms with Crippen molar-refractivity contribution in [2.24, 2.45) is 7.05 Å². The van der Waals surface area contributed by atoms with E-state index in [1.807, 2.05) is 49.6 Å². The molecule has 5 aromatic rings. The molecule has 1 saturated carbocycles. The van der Waals surface area contributed by atoms with Crippen molar-refractivity contribution in [1.29, 1.82) is 0 Å². The third kappa shape index (κ3) is 4.04. The Bertz CT molecular complexity index is 1580. The Labute approximate surface area is 207 Å². The molecule has 1 aromatic carbocycles. The fraction of sp³-hybridized carbons (Fsp3) is 0.185. The molecule has 1 aliphatic rings. The van der Waals surface area contributed by atoms with Gasteiger partial charge in [0, 0.05) is 48.2 Å². The highest BCUT2D eigenvalue weighted by Gasteiger charge is 2.25. The number of rotatable bonds is 6. The molecule has 0 radical (unpaired) electrons. The maximum absolute atomic E-state index is 13.0. The fourth-order valence-corrected chi connectivity index (χ4v) is 4.22. The topological polar surface area (TPSA) is 108 Å². The summed E-state index contributed by atoms with van der Waals surface area (Å²) in [6.45, 7) is 0. The van der Waals surface area contributed by atoms with E-state index in [0.717, 1.165) is 35.4 Å². The SMILES string of the molecule is COc1cc2ncnc(-c3cn(C)nc3-c3ccccc3)c2nc1NC(=O)c1ccc(C2CC2)nc1. The predicted molar refractivity (Wildman–Crippen MR) is 136 cm³/mol. The molecular formula is C27H23N7O2. The summed E-state index contributed by atoms with van der Waals surface area (Å²) in [7, 11) is 3.39. The number of nitrogens with zero attached hydrogens (tertiary/aromatic N) is 6. The molecule has 0 atom stereocenters. The van der Waals surface area contributed by atoms with Crippen LogP contribution in [0.15, 0.2) is 67.3 Å². The molecule has 1 amide bonds. The molecule has 0 spiro atoms. The Kier molecular flexibility index (Phi) is 5.37. The van der Waals surface area contributed by atoms with Crippen LogP contribution in [0.1, 0.15) is 34.8 Å². The molecule has 178 valence electrons. The van der Waals surface area contributed by atoms with Crippen molar-refractivity contribution in [3.63, 3.8) is 0 Å². The molecule has 36 heavy (non-hydrogen) atoms. The first-order chi connectivity index (χ1) is 17.6. The van der Waals surface area contributed by atoms with Gasteiger partial charge in [0.2, 0.25) is 0 Å². The lowest BCUT2D eigenvalue weighted by Crippen LogP contribution is -2.14. The van der Waals surface area contributed by atoms with Crippen LogP contribution < -0.4 is 10.1 Å². The molecule has 4 aromatic heterocycles. The fourth-order valence-electron chi connectivity index (χ4n) is 4.22. The monoisotopic (exact) mass is 477 g/mol. The average Bonchev–Trinajstić information content (AvgIpc) is 3.69. The average molecular weight is 478 g/mol. The second-order valence-electron chi connectivity index (χ2n) is 8.76. The zero-order valence-corrected chi connectivity index (χ0v) is 19.8. The Morgan fingerprint density at radius 2 is 1.89 bits per heavy atom. The third-order valence-corrected chi connectivity index (χ3v) is 6.20. The van der Waals surface area contributed by atoms with Crippen LogP contribution in [0.4, 0.5) is 5.82 Å². The number of anilines is 1. The molecular weight excluding hydrogens is 454 g/mol. The summed E-state index contributed by atoms with van der Waals surface area (Å²) < 4.78 is 7.27. The third-order valence-electron chi connectivity index (χ3n) is 6.20. The van der Waals surface area contributed by atoms with Crippen LogP contribution in [0.3, 0.4) is 0 Å². The van der Waals surface area contributed by atoms with Crippen molar-refractivity contribution in [2.45, 2.75) is 18.8 Å². The highest BCUT2D eigenvalue weighted by molar-refractivity contribution is 6.05. The quantitative estimate of drug-likeness (QED) is 0.380. The minimum absolute atomic E-state index is 0.280. The smallest absolute Gasteiger partial charge is 0.258 e. The number of nitrogens with one attached hydrogen (secondary N) is 1. The van der Waals surface area contributed by atoms with Crippen LogP contribution in [0.5, 0.6) is 5.75 Å². The van der Waals surface area contributed by atoms with E-state index < -0.39 is 0 Å². The van der Waals surface area contributed by atoms with Gasteiger partial charge in [-0.3, -0.25) is 14.5 Å². The molecule has 1 N–H and O–H groups in total. The number of aryl methyl sites for hydroxylation is 1. The number of hydrogen-bond donors (Lipinski definition) is 1. The molecule has 9 heteroatoms. The number of carbonyl (C=O) groups excluding carboxylic acids is 1. The zero-order chi connectivity index (χ0) is 24.6. The van der Waals surface area contributed by atoms with Gasteiger partial charge < -0.3 is 10.1 Å². The van der Waals surface area contributed by atoms with E-state index in [1.54, 1.807) is 23.0 Å². The summed E-state index contributed by atoms with van der Waals surface area (Å²) in [4.78, 5) is 31.2. The predicted octanol–water partition coefficient (Wildman–Crippen LogP) is 4.63. The molecule has 4 heterocycles. The van der Waals surface area contributed by atoms with Crippen molar-refractivity contribution in [3.05, 3.63) is 78.5 Å². The van der Waals surface area contributed by atoms with Gasteiger partial charge in [0.05, 0.1) is 18.2 Å². The minimum atomic E-state index is -0.320. The molecule has 1 aliphatic carbocycles. The number of fused-ring (bicyclic) bond motifs is 1. The van der Waals surface area contributed by atoms with Crippen molar-refractivity contribution < 1.29 is 9.53 Å². The van der Waals surface area contributed by atoms with E-state index in [0.29, 0.717) is 34.0 Å². The van der Waals surface area contributed by atoms with E-state index in [9.17, 15) is 4.79 Å². The first-order valence-corrected chi connectivity index (χ1v) is 11.7. The molecule has 0 unspecified atom stereocenters. The Hall–Kier alpha value is -4.66. The summed E-state index contributed by atoms with van der Waals surface area (Å²) >= 11 is 0. The number of amides is 1. The van der Waals surface area contributed by atoms with Gasteiger partial charge in [0.25, 0.3) is 5.91 Å². The Balaban J connectivity index is 1.41. The zero-order valence-electron chi connectivity index (χ0n) is 19.8. The van der Waals surface area contributed by atoms with E-state index >= 15 is 0 Å². The van der Waals surface area contributed by atoms with Crippen LogP contribution in [0, 0.1) is 0 Å². The lowest BCUT2D eigenvalue weighted by Gasteiger charge is -2.12. The standard InChI is InChI=1S/C27H23N7O2/c1-34-14-19(23(33-34)17-6-4-3-5-7-17)24-25-21(29-15-30-24)12-22(36-2)26(31-25)32-27(35)18-10-11-20(28-13-18)16-8-9-16/h3-7,10-16H,8-9H2,1-2H3,(H,31,32,35). The number of methoxy groups -OCH3 is 1. The summed E-state index contributed by atoms with van der Waals surface area (Å²) in [5, 5.41) is 7.53. The highest BCUT2D eigenvalue weighted by atomic mass is 16.5. The Morgan fingerprint density at radius 3 is 2.61 bits per heavy atom.